The molecule has 0 saturated heterocycles. The molecule has 0 fully saturated rings. The van der Waals surface area contributed by atoms with E-state index in [9.17, 15) is 14.0 Å². The average Bonchev–Trinajstić information content (AvgIpc) is 3.13. The Morgan fingerprint density at radius 2 is 2.00 bits per heavy atom. The molecule has 2 heterocycles. The lowest BCUT2D eigenvalue weighted by atomic mass is 10.1. The Hall–Kier alpha value is -3.32. The van der Waals surface area contributed by atoms with Crippen LogP contribution < -0.4 is 10.9 Å². The zero-order valence-corrected chi connectivity index (χ0v) is 16.5. The van der Waals surface area contributed by atoms with E-state index in [1.807, 2.05) is 36.6 Å². The van der Waals surface area contributed by atoms with Crippen LogP contribution in [-0.2, 0) is 11.3 Å². The van der Waals surface area contributed by atoms with Gasteiger partial charge in [-0.3, -0.25) is 14.2 Å². The summed E-state index contributed by atoms with van der Waals surface area (Å²) in [5.74, 6) is -0.721. The fraction of sp³-hybridized carbons (Fsp3) is 0.136. The number of hydrogen-bond donors (Lipinski definition) is 1. The van der Waals surface area contributed by atoms with Gasteiger partial charge in [0.1, 0.15) is 10.6 Å². The van der Waals surface area contributed by atoms with Crippen LogP contribution in [0.25, 0.3) is 21.3 Å². The fourth-order valence-corrected chi connectivity index (χ4v) is 3.99. The van der Waals surface area contributed by atoms with Gasteiger partial charge < -0.3 is 5.32 Å². The van der Waals surface area contributed by atoms with Crippen LogP contribution in [0.4, 0.5) is 10.1 Å². The predicted octanol–water partition coefficient (Wildman–Crippen LogP) is 4.60. The second kappa shape index (κ2) is 7.97. The summed E-state index contributed by atoms with van der Waals surface area (Å²) in [6.07, 6.45) is 1.54. The van der Waals surface area contributed by atoms with Gasteiger partial charge in [0, 0.05) is 29.6 Å². The van der Waals surface area contributed by atoms with Crippen LogP contribution in [-0.4, -0.2) is 15.5 Å². The van der Waals surface area contributed by atoms with Crippen molar-refractivity contribution in [1.82, 2.24) is 9.55 Å². The van der Waals surface area contributed by atoms with Crippen LogP contribution in [0.1, 0.15) is 12.0 Å². The molecule has 0 bridgehead atoms. The third kappa shape index (κ3) is 4.09. The number of nitrogens with zero attached hydrogens (tertiary/aromatic N) is 2. The fourth-order valence-electron chi connectivity index (χ4n) is 3.08. The molecule has 1 N–H and O–H groups in total. The molecule has 0 unspecified atom stereocenters. The van der Waals surface area contributed by atoms with E-state index in [-0.39, 0.29) is 24.4 Å². The number of rotatable bonds is 5. The summed E-state index contributed by atoms with van der Waals surface area (Å²) < 4.78 is 14.7. The normalized spacial score (nSPS) is 11.0. The molecule has 0 saturated carbocycles. The molecule has 0 aliphatic carbocycles. The van der Waals surface area contributed by atoms with Crippen molar-refractivity contribution < 1.29 is 9.18 Å². The summed E-state index contributed by atoms with van der Waals surface area (Å²) in [5, 5.41) is 5.13. The number of anilines is 1. The first-order valence-electron chi connectivity index (χ1n) is 9.10. The van der Waals surface area contributed by atoms with Crippen molar-refractivity contribution in [2.75, 3.05) is 5.32 Å². The molecule has 2 aromatic carbocycles. The Kier molecular flexibility index (Phi) is 5.22. The summed E-state index contributed by atoms with van der Waals surface area (Å²) in [5.41, 5.74) is 3.16. The van der Waals surface area contributed by atoms with Crippen molar-refractivity contribution in [3.05, 3.63) is 82.0 Å². The van der Waals surface area contributed by atoms with Gasteiger partial charge >= 0.3 is 0 Å². The first-order chi connectivity index (χ1) is 14.0. The van der Waals surface area contributed by atoms with E-state index in [1.54, 1.807) is 6.07 Å². The molecule has 0 spiro atoms. The highest BCUT2D eigenvalue weighted by Gasteiger charge is 2.14. The van der Waals surface area contributed by atoms with E-state index in [2.05, 4.69) is 10.3 Å². The number of hydrogen-bond acceptors (Lipinski definition) is 4. The first-order valence-corrected chi connectivity index (χ1v) is 9.98. The number of halogens is 1. The summed E-state index contributed by atoms with van der Waals surface area (Å²) >= 11 is 1.42. The maximum Gasteiger partial charge on any atom is 0.262 e. The van der Waals surface area contributed by atoms with Crippen LogP contribution in [0.5, 0.6) is 0 Å². The number of benzene rings is 2. The van der Waals surface area contributed by atoms with Gasteiger partial charge in [-0.25, -0.2) is 9.37 Å². The Labute approximate surface area is 170 Å². The molecule has 7 heteroatoms. The zero-order valence-electron chi connectivity index (χ0n) is 15.7. The van der Waals surface area contributed by atoms with Gasteiger partial charge in [-0.2, -0.15) is 0 Å². The van der Waals surface area contributed by atoms with Gasteiger partial charge in [0.15, 0.2) is 0 Å². The Morgan fingerprint density at radius 3 is 2.76 bits per heavy atom. The molecule has 1 amide bonds. The second-order valence-electron chi connectivity index (χ2n) is 6.75. The highest BCUT2D eigenvalue weighted by atomic mass is 32.1. The summed E-state index contributed by atoms with van der Waals surface area (Å²) in [6, 6.07) is 13.7. The summed E-state index contributed by atoms with van der Waals surface area (Å²) in [6.45, 7) is 2.20. The van der Waals surface area contributed by atoms with Gasteiger partial charge in [-0.05, 0) is 30.7 Å². The number of nitrogens with one attached hydrogen (secondary N) is 1. The third-order valence-electron chi connectivity index (χ3n) is 4.61. The van der Waals surface area contributed by atoms with Crippen molar-refractivity contribution in [2.24, 2.45) is 0 Å². The summed E-state index contributed by atoms with van der Waals surface area (Å²) in [4.78, 5) is 30.2. The Bertz CT molecular complexity index is 1250. The van der Waals surface area contributed by atoms with Gasteiger partial charge in [-0.1, -0.05) is 35.9 Å². The first kappa shape index (κ1) is 19.0. The zero-order chi connectivity index (χ0) is 20.4. The van der Waals surface area contributed by atoms with E-state index in [0.717, 1.165) is 16.7 Å². The van der Waals surface area contributed by atoms with Crippen molar-refractivity contribution in [3.8, 4) is 11.1 Å². The average molecular weight is 407 g/mol. The van der Waals surface area contributed by atoms with E-state index in [0.29, 0.717) is 15.9 Å². The third-order valence-corrected chi connectivity index (χ3v) is 5.50. The molecule has 4 rings (SSSR count). The van der Waals surface area contributed by atoms with Crippen LogP contribution in [0.15, 0.2) is 65.0 Å². The monoisotopic (exact) mass is 407 g/mol. The largest absolute Gasteiger partial charge is 0.326 e. The van der Waals surface area contributed by atoms with Crippen molar-refractivity contribution in [2.45, 2.75) is 19.9 Å². The van der Waals surface area contributed by atoms with E-state index in [1.165, 1.54) is 40.4 Å². The number of aryl methyl sites for hydroxylation is 2. The number of carbonyl (C=O) groups excluding carboxylic acids is 1. The number of thiophene rings is 1. The number of carbonyl (C=O) groups is 1. The minimum absolute atomic E-state index is 0.0770. The van der Waals surface area contributed by atoms with Crippen molar-refractivity contribution in [1.29, 1.82) is 0 Å². The summed E-state index contributed by atoms with van der Waals surface area (Å²) in [7, 11) is 0. The molecule has 0 radical (unpaired) electrons. The van der Waals surface area contributed by atoms with Crippen LogP contribution in [0.2, 0.25) is 0 Å². The van der Waals surface area contributed by atoms with Gasteiger partial charge in [0.05, 0.1) is 11.7 Å². The number of aromatic nitrogens is 2. The molecule has 146 valence electrons. The van der Waals surface area contributed by atoms with Gasteiger partial charge in [-0.15, -0.1) is 11.3 Å². The second-order valence-corrected chi connectivity index (χ2v) is 7.61. The standard InChI is InChI=1S/C22H18FN3O2S/c1-14-5-7-15(8-6-14)18-12-29-21-20(18)22(28)26(13-24-21)10-9-19(27)25-17-4-2-3-16(23)11-17/h2-8,11-13H,9-10H2,1H3,(H,25,27). The lowest BCUT2D eigenvalue weighted by molar-refractivity contribution is -0.116. The molecule has 4 aromatic rings. The van der Waals surface area contributed by atoms with E-state index >= 15 is 0 Å². The molecule has 0 aliphatic heterocycles. The molecule has 5 nitrogen and oxygen atoms in total. The molecule has 29 heavy (non-hydrogen) atoms. The molecular formula is C22H18FN3O2S. The van der Waals surface area contributed by atoms with Crippen LogP contribution in [0.3, 0.4) is 0 Å². The molecule has 2 aromatic heterocycles. The lowest BCUT2D eigenvalue weighted by Crippen LogP contribution is -2.23. The highest BCUT2D eigenvalue weighted by molar-refractivity contribution is 7.17. The topological polar surface area (TPSA) is 64.0 Å². The minimum atomic E-state index is -0.422. The predicted molar refractivity (Wildman–Crippen MR) is 114 cm³/mol. The maximum absolute atomic E-state index is 13.2. The quantitative estimate of drug-likeness (QED) is 0.526. The highest BCUT2D eigenvalue weighted by Crippen LogP contribution is 2.30. The Morgan fingerprint density at radius 1 is 1.21 bits per heavy atom. The number of fused-ring (bicyclic) bond motifs is 1. The molecule has 0 atom stereocenters. The minimum Gasteiger partial charge on any atom is -0.326 e. The van der Waals surface area contributed by atoms with Crippen molar-refractivity contribution >= 4 is 33.1 Å². The van der Waals surface area contributed by atoms with E-state index in [4.69, 9.17) is 0 Å². The maximum atomic E-state index is 13.2. The van der Waals surface area contributed by atoms with Gasteiger partial charge in [0.25, 0.3) is 5.56 Å². The van der Waals surface area contributed by atoms with Crippen LogP contribution in [0, 0.1) is 12.7 Å². The van der Waals surface area contributed by atoms with Crippen LogP contribution >= 0.6 is 11.3 Å². The Balaban J connectivity index is 1.56. The van der Waals surface area contributed by atoms with E-state index < -0.39 is 5.82 Å². The smallest absolute Gasteiger partial charge is 0.262 e. The van der Waals surface area contributed by atoms with Crippen molar-refractivity contribution in [3.63, 3.8) is 0 Å². The molecule has 0 aliphatic rings. The number of amides is 1. The molecular weight excluding hydrogens is 389 g/mol. The van der Waals surface area contributed by atoms with Gasteiger partial charge in [0.2, 0.25) is 5.91 Å². The lowest BCUT2D eigenvalue weighted by Gasteiger charge is -2.08. The SMILES string of the molecule is Cc1ccc(-c2csc3ncn(CCC(=O)Nc4cccc(F)c4)c(=O)c23)cc1.